The summed E-state index contributed by atoms with van der Waals surface area (Å²) in [5.41, 5.74) is 7.17. The van der Waals surface area contributed by atoms with Crippen LogP contribution in [0.5, 0.6) is 0 Å². The molecule has 2 rings (SSSR count). The van der Waals surface area contributed by atoms with E-state index >= 15 is 0 Å². The maximum absolute atomic E-state index is 11.4. The van der Waals surface area contributed by atoms with E-state index < -0.39 is 0 Å². The molecule has 3 N–H and O–H groups in total. The van der Waals surface area contributed by atoms with E-state index in [0.717, 1.165) is 6.42 Å². The smallest absolute Gasteiger partial charge is 0.305 e. The average Bonchev–Trinajstić information content (AvgIpc) is 2.83. The molecule has 0 fully saturated rings. The molecule has 1 unspecified atom stereocenters. The van der Waals surface area contributed by atoms with Crippen LogP contribution in [0, 0.1) is 5.92 Å². The molecule has 8 nitrogen and oxygen atoms in total. The molecule has 2 aromatic heterocycles. The van der Waals surface area contributed by atoms with Crippen LogP contribution in [0.1, 0.15) is 26.2 Å². The number of fused-ring (bicyclic) bond motifs is 1. The second-order valence-electron chi connectivity index (χ2n) is 5.12. The lowest BCUT2D eigenvalue weighted by atomic mass is 10.1. The van der Waals surface area contributed by atoms with E-state index in [9.17, 15) is 9.90 Å². The molecule has 0 aromatic carbocycles. The number of aliphatic hydroxyl groups is 1. The van der Waals surface area contributed by atoms with Gasteiger partial charge in [0.05, 0.1) is 12.8 Å². The van der Waals surface area contributed by atoms with Crippen molar-refractivity contribution in [1.82, 2.24) is 19.5 Å². The van der Waals surface area contributed by atoms with Crippen LogP contribution in [0.3, 0.4) is 0 Å². The molecule has 2 aromatic rings. The first-order valence-corrected chi connectivity index (χ1v) is 7.33. The van der Waals surface area contributed by atoms with Gasteiger partial charge in [-0.05, 0) is 12.8 Å². The first-order chi connectivity index (χ1) is 10.7. The van der Waals surface area contributed by atoms with Gasteiger partial charge in [-0.25, -0.2) is 15.0 Å². The lowest BCUT2D eigenvalue weighted by molar-refractivity contribution is -0.145. The van der Waals surface area contributed by atoms with E-state index in [2.05, 4.69) is 15.0 Å². The van der Waals surface area contributed by atoms with Crippen LogP contribution in [-0.2, 0) is 16.1 Å². The molecule has 0 amide bonds. The number of carbonyl (C=O) groups is 1. The minimum absolute atomic E-state index is 0.0546. The molecule has 1 atom stereocenters. The molecule has 0 saturated carbocycles. The van der Waals surface area contributed by atoms with Crippen molar-refractivity contribution < 1.29 is 14.6 Å². The minimum Gasteiger partial charge on any atom is -0.465 e. The standard InChI is InChI=1S/C14H21N5O3/c1-2-3-12(21)22-8-10(7-20)4-5-19-13-11(18-14(19)15)6-16-9-17-13/h6,9-10,20H,2-5,7-8H2,1H3,(H2,15,18). The number of aromatic nitrogens is 4. The Hall–Kier alpha value is -2.22. The fourth-order valence-electron chi connectivity index (χ4n) is 2.14. The molecular formula is C14H21N5O3. The molecular weight excluding hydrogens is 286 g/mol. The van der Waals surface area contributed by atoms with Crippen LogP contribution in [0.25, 0.3) is 11.2 Å². The Morgan fingerprint density at radius 1 is 1.55 bits per heavy atom. The number of rotatable bonds is 8. The number of imidazole rings is 1. The number of esters is 1. The van der Waals surface area contributed by atoms with Gasteiger partial charge in [-0.1, -0.05) is 6.92 Å². The molecule has 0 bridgehead atoms. The van der Waals surface area contributed by atoms with Crippen molar-refractivity contribution in [1.29, 1.82) is 0 Å². The summed E-state index contributed by atoms with van der Waals surface area (Å²) in [4.78, 5) is 23.6. The van der Waals surface area contributed by atoms with Gasteiger partial charge in [0.15, 0.2) is 5.65 Å². The molecule has 0 aliphatic rings. The van der Waals surface area contributed by atoms with Crippen LogP contribution in [0.15, 0.2) is 12.5 Å². The Morgan fingerprint density at radius 3 is 3.09 bits per heavy atom. The van der Waals surface area contributed by atoms with Crippen molar-refractivity contribution in [3.63, 3.8) is 0 Å². The maximum Gasteiger partial charge on any atom is 0.305 e. The fourth-order valence-corrected chi connectivity index (χ4v) is 2.14. The minimum atomic E-state index is -0.235. The van der Waals surface area contributed by atoms with Crippen LogP contribution in [0.2, 0.25) is 0 Å². The molecule has 2 heterocycles. The number of aliphatic hydroxyl groups excluding tert-OH is 1. The molecule has 0 aliphatic heterocycles. The Bertz CT molecular complexity index is 628. The molecule has 22 heavy (non-hydrogen) atoms. The summed E-state index contributed by atoms with van der Waals surface area (Å²) in [6.45, 7) is 2.60. The summed E-state index contributed by atoms with van der Waals surface area (Å²) >= 11 is 0. The van der Waals surface area contributed by atoms with E-state index in [1.807, 2.05) is 6.92 Å². The van der Waals surface area contributed by atoms with Gasteiger partial charge in [-0.15, -0.1) is 0 Å². The number of nitrogens with two attached hydrogens (primary N) is 1. The zero-order valence-corrected chi connectivity index (χ0v) is 12.6. The van der Waals surface area contributed by atoms with E-state index in [1.165, 1.54) is 6.33 Å². The Morgan fingerprint density at radius 2 is 2.36 bits per heavy atom. The normalized spacial score (nSPS) is 12.5. The third-order valence-corrected chi connectivity index (χ3v) is 3.39. The van der Waals surface area contributed by atoms with Gasteiger partial charge in [-0.3, -0.25) is 9.36 Å². The Labute approximate surface area is 128 Å². The highest BCUT2D eigenvalue weighted by atomic mass is 16.5. The first-order valence-electron chi connectivity index (χ1n) is 7.33. The summed E-state index contributed by atoms with van der Waals surface area (Å²) in [6, 6.07) is 0. The molecule has 0 radical (unpaired) electrons. The van der Waals surface area contributed by atoms with Crippen molar-refractivity contribution in [2.24, 2.45) is 5.92 Å². The van der Waals surface area contributed by atoms with E-state index in [0.29, 0.717) is 36.5 Å². The number of nitrogen functional groups attached to an aromatic ring is 1. The zero-order chi connectivity index (χ0) is 15.9. The second kappa shape index (κ2) is 7.69. The number of hydrogen-bond acceptors (Lipinski definition) is 7. The number of aryl methyl sites for hydroxylation is 1. The van der Waals surface area contributed by atoms with Gasteiger partial charge >= 0.3 is 5.97 Å². The molecule has 0 saturated heterocycles. The van der Waals surface area contributed by atoms with Crippen LogP contribution < -0.4 is 5.73 Å². The van der Waals surface area contributed by atoms with Crippen molar-refractivity contribution >= 4 is 23.1 Å². The summed E-state index contributed by atoms with van der Waals surface area (Å²) in [5.74, 6) is -0.0176. The summed E-state index contributed by atoms with van der Waals surface area (Å²) in [5, 5.41) is 9.41. The second-order valence-corrected chi connectivity index (χ2v) is 5.12. The third kappa shape index (κ3) is 3.91. The highest BCUT2D eigenvalue weighted by molar-refractivity contribution is 5.72. The van der Waals surface area contributed by atoms with Crippen molar-refractivity contribution in [2.75, 3.05) is 18.9 Å². The van der Waals surface area contributed by atoms with Gasteiger partial charge in [-0.2, -0.15) is 0 Å². The van der Waals surface area contributed by atoms with Gasteiger partial charge in [0.25, 0.3) is 0 Å². The Kier molecular flexibility index (Phi) is 5.65. The van der Waals surface area contributed by atoms with Gasteiger partial charge < -0.3 is 15.6 Å². The topological polar surface area (TPSA) is 116 Å². The van der Waals surface area contributed by atoms with E-state index in [4.69, 9.17) is 10.5 Å². The Balaban J connectivity index is 1.94. The number of nitrogens with zero attached hydrogens (tertiary/aromatic N) is 4. The SMILES string of the molecule is CCCC(=O)OCC(CO)CCn1c(N)nc2cncnc21. The quantitative estimate of drug-likeness (QED) is 0.691. The number of anilines is 1. The number of ether oxygens (including phenoxy) is 1. The molecule has 0 aliphatic carbocycles. The highest BCUT2D eigenvalue weighted by Crippen LogP contribution is 2.16. The fraction of sp³-hybridized carbons (Fsp3) is 0.571. The lowest BCUT2D eigenvalue weighted by Gasteiger charge is -2.15. The van der Waals surface area contributed by atoms with Crippen molar-refractivity contribution in [3.8, 4) is 0 Å². The largest absolute Gasteiger partial charge is 0.465 e. The summed E-state index contributed by atoms with van der Waals surface area (Å²) in [6.07, 6.45) is 4.80. The number of carbonyl (C=O) groups excluding carboxylic acids is 1. The summed E-state index contributed by atoms with van der Waals surface area (Å²) in [7, 11) is 0. The molecule has 120 valence electrons. The lowest BCUT2D eigenvalue weighted by Crippen LogP contribution is -2.19. The maximum atomic E-state index is 11.4. The highest BCUT2D eigenvalue weighted by Gasteiger charge is 2.14. The van der Waals surface area contributed by atoms with Crippen LogP contribution >= 0.6 is 0 Å². The third-order valence-electron chi connectivity index (χ3n) is 3.39. The predicted molar refractivity (Wildman–Crippen MR) is 80.8 cm³/mol. The van der Waals surface area contributed by atoms with E-state index in [-0.39, 0.29) is 25.1 Å². The zero-order valence-electron chi connectivity index (χ0n) is 12.6. The van der Waals surface area contributed by atoms with E-state index in [1.54, 1.807) is 10.8 Å². The van der Waals surface area contributed by atoms with Crippen LogP contribution in [0.4, 0.5) is 5.95 Å². The van der Waals surface area contributed by atoms with Gasteiger partial charge in [0.1, 0.15) is 11.8 Å². The molecule has 0 spiro atoms. The summed E-state index contributed by atoms with van der Waals surface area (Å²) < 4.78 is 6.91. The van der Waals surface area contributed by atoms with Crippen molar-refractivity contribution in [2.45, 2.75) is 32.7 Å². The van der Waals surface area contributed by atoms with Crippen molar-refractivity contribution in [3.05, 3.63) is 12.5 Å². The van der Waals surface area contributed by atoms with Gasteiger partial charge in [0.2, 0.25) is 5.95 Å². The van der Waals surface area contributed by atoms with Gasteiger partial charge in [0, 0.05) is 25.5 Å². The average molecular weight is 307 g/mol. The molecule has 8 heteroatoms. The monoisotopic (exact) mass is 307 g/mol. The number of hydrogen-bond donors (Lipinski definition) is 2. The van der Waals surface area contributed by atoms with Crippen LogP contribution in [-0.4, -0.2) is 43.8 Å². The predicted octanol–water partition coefficient (Wildman–Crippen LogP) is 0.750. The first kappa shape index (κ1) is 16.2.